The van der Waals surface area contributed by atoms with Crippen molar-refractivity contribution in [3.05, 3.63) is 35.9 Å². The second-order valence-electron chi connectivity index (χ2n) is 5.04. The van der Waals surface area contributed by atoms with Gasteiger partial charge in [-0.15, -0.1) is 0 Å². The normalized spacial score (nSPS) is 21.0. The number of rotatable bonds is 6. The lowest BCUT2D eigenvalue weighted by Crippen LogP contribution is -2.41. The lowest BCUT2D eigenvalue weighted by molar-refractivity contribution is -0.125. The van der Waals surface area contributed by atoms with Gasteiger partial charge in [0.25, 0.3) is 0 Å². The van der Waals surface area contributed by atoms with Crippen molar-refractivity contribution in [3.8, 4) is 0 Å². The second kappa shape index (κ2) is 7.75. The van der Waals surface area contributed by atoms with E-state index in [0.29, 0.717) is 13.2 Å². The molecule has 0 aliphatic carbocycles. The van der Waals surface area contributed by atoms with Gasteiger partial charge >= 0.3 is 0 Å². The van der Waals surface area contributed by atoms with Gasteiger partial charge in [-0.3, -0.25) is 9.59 Å². The lowest BCUT2D eigenvalue weighted by atomic mass is 9.95. The lowest BCUT2D eigenvalue weighted by Gasteiger charge is -2.19. The standard InChI is InChI=1S/C15H21N3O3/c16-8-13(19)18-10-14(20)17-9-12-6-7-21-15(12)11-4-2-1-3-5-11/h1-5,12,15H,6-10,16H2,(H,17,20)(H,18,19)/t12-,15-/m1/s1. The summed E-state index contributed by atoms with van der Waals surface area (Å²) in [6.07, 6.45) is 0.930. The summed E-state index contributed by atoms with van der Waals surface area (Å²) >= 11 is 0. The Morgan fingerprint density at radius 2 is 1.95 bits per heavy atom. The van der Waals surface area contributed by atoms with Crippen LogP contribution in [0.25, 0.3) is 0 Å². The van der Waals surface area contributed by atoms with E-state index in [2.05, 4.69) is 10.6 Å². The summed E-state index contributed by atoms with van der Waals surface area (Å²) in [6.45, 7) is 1.08. The van der Waals surface area contributed by atoms with E-state index in [1.165, 1.54) is 0 Å². The fourth-order valence-electron chi connectivity index (χ4n) is 2.41. The van der Waals surface area contributed by atoms with Crippen LogP contribution < -0.4 is 16.4 Å². The minimum atomic E-state index is -0.337. The summed E-state index contributed by atoms with van der Waals surface area (Å²) in [5.41, 5.74) is 6.28. The van der Waals surface area contributed by atoms with Crippen molar-refractivity contribution in [3.63, 3.8) is 0 Å². The number of ether oxygens (including phenoxy) is 1. The van der Waals surface area contributed by atoms with Gasteiger partial charge in [0.2, 0.25) is 11.8 Å². The van der Waals surface area contributed by atoms with Crippen molar-refractivity contribution < 1.29 is 14.3 Å². The highest BCUT2D eigenvalue weighted by atomic mass is 16.5. The molecule has 0 bridgehead atoms. The Kier molecular flexibility index (Phi) is 5.71. The van der Waals surface area contributed by atoms with E-state index in [-0.39, 0.29) is 36.9 Å². The molecule has 1 saturated heterocycles. The first-order chi connectivity index (χ1) is 10.2. The fourth-order valence-corrected chi connectivity index (χ4v) is 2.41. The molecule has 21 heavy (non-hydrogen) atoms. The topological polar surface area (TPSA) is 93.5 Å². The zero-order valence-electron chi connectivity index (χ0n) is 11.9. The first-order valence-electron chi connectivity index (χ1n) is 7.10. The predicted octanol–water partition coefficient (Wildman–Crippen LogP) is -0.0447. The van der Waals surface area contributed by atoms with E-state index in [1.807, 2.05) is 30.3 Å². The van der Waals surface area contributed by atoms with Gasteiger partial charge in [-0.1, -0.05) is 30.3 Å². The van der Waals surface area contributed by atoms with Crippen LogP contribution in [0.3, 0.4) is 0 Å². The van der Waals surface area contributed by atoms with Gasteiger partial charge in [0.15, 0.2) is 0 Å². The number of amides is 2. The number of carbonyl (C=O) groups is 2. The molecule has 1 aromatic rings. The maximum absolute atomic E-state index is 11.7. The molecule has 1 fully saturated rings. The van der Waals surface area contributed by atoms with Crippen LogP contribution in [0.5, 0.6) is 0 Å². The first-order valence-corrected chi connectivity index (χ1v) is 7.10. The maximum atomic E-state index is 11.7. The van der Waals surface area contributed by atoms with Gasteiger partial charge in [0, 0.05) is 19.1 Å². The summed E-state index contributed by atoms with van der Waals surface area (Å²) in [4.78, 5) is 22.6. The molecule has 1 aliphatic heterocycles. The third-order valence-electron chi connectivity index (χ3n) is 3.54. The van der Waals surface area contributed by atoms with Gasteiger partial charge in [-0.25, -0.2) is 0 Å². The highest BCUT2D eigenvalue weighted by molar-refractivity contribution is 5.85. The maximum Gasteiger partial charge on any atom is 0.239 e. The fraction of sp³-hybridized carbons (Fsp3) is 0.467. The summed E-state index contributed by atoms with van der Waals surface area (Å²) in [7, 11) is 0. The number of hydrogen-bond donors (Lipinski definition) is 3. The van der Waals surface area contributed by atoms with Crippen LogP contribution in [0, 0.1) is 5.92 Å². The average molecular weight is 291 g/mol. The minimum absolute atomic E-state index is 0.0186. The monoisotopic (exact) mass is 291 g/mol. The quantitative estimate of drug-likeness (QED) is 0.685. The van der Waals surface area contributed by atoms with Crippen LogP contribution in [0.15, 0.2) is 30.3 Å². The highest BCUT2D eigenvalue weighted by Gasteiger charge is 2.29. The Hall–Kier alpha value is -1.92. The summed E-state index contributed by atoms with van der Waals surface area (Å²) in [6, 6.07) is 10.00. The molecule has 2 atom stereocenters. The third kappa shape index (κ3) is 4.54. The molecular weight excluding hydrogens is 270 g/mol. The Morgan fingerprint density at radius 1 is 1.19 bits per heavy atom. The van der Waals surface area contributed by atoms with E-state index in [4.69, 9.17) is 10.5 Å². The molecule has 0 radical (unpaired) electrons. The molecule has 1 heterocycles. The van der Waals surface area contributed by atoms with Crippen molar-refractivity contribution in [1.82, 2.24) is 10.6 Å². The molecule has 6 nitrogen and oxygen atoms in total. The molecule has 0 saturated carbocycles. The molecule has 1 aliphatic rings. The van der Waals surface area contributed by atoms with Crippen LogP contribution in [0.4, 0.5) is 0 Å². The number of hydrogen-bond acceptors (Lipinski definition) is 4. The molecule has 0 aromatic heterocycles. The van der Waals surface area contributed by atoms with Crippen molar-refractivity contribution >= 4 is 11.8 Å². The van der Waals surface area contributed by atoms with Gasteiger partial charge in [0.1, 0.15) is 0 Å². The summed E-state index contributed by atoms with van der Waals surface area (Å²) in [5, 5.41) is 5.27. The Bertz CT molecular complexity index is 478. The second-order valence-corrected chi connectivity index (χ2v) is 5.04. The Morgan fingerprint density at radius 3 is 2.67 bits per heavy atom. The molecule has 0 spiro atoms. The van der Waals surface area contributed by atoms with Crippen molar-refractivity contribution in [1.29, 1.82) is 0 Å². The van der Waals surface area contributed by atoms with Gasteiger partial charge < -0.3 is 21.1 Å². The zero-order chi connectivity index (χ0) is 15.1. The Balaban J connectivity index is 1.79. The molecule has 114 valence electrons. The average Bonchev–Trinajstić information content (AvgIpc) is 2.99. The molecule has 2 amide bonds. The number of benzene rings is 1. The third-order valence-corrected chi connectivity index (χ3v) is 3.54. The SMILES string of the molecule is NCC(=O)NCC(=O)NC[C@H]1CCO[C@@H]1c1ccccc1. The number of nitrogens with two attached hydrogens (primary N) is 1. The molecular formula is C15H21N3O3. The molecule has 1 aromatic carbocycles. The minimum Gasteiger partial charge on any atom is -0.373 e. The number of nitrogens with one attached hydrogen (secondary N) is 2. The van der Waals surface area contributed by atoms with Gasteiger partial charge in [-0.05, 0) is 12.0 Å². The van der Waals surface area contributed by atoms with Crippen LogP contribution in [0.2, 0.25) is 0 Å². The molecule has 4 N–H and O–H groups in total. The highest BCUT2D eigenvalue weighted by Crippen LogP contribution is 2.33. The molecule has 2 rings (SSSR count). The van der Waals surface area contributed by atoms with Crippen molar-refractivity contribution in [2.75, 3.05) is 26.2 Å². The van der Waals surface area contributed by atoms with E-state index >= 15 is 0 Å². The Labute approximate surface area is 124 Å². The van der Waals surface area contributed by atoms with Gasteiger partial charge in [0.05, 0.1) is 19.2 Å². The van der Waals surface area contributed by atoms with Crippen LogP contribution in [-0.4, -0.2) is 38.1 Å². The largest absolute Gasteiger partial charge is 0.373 e. The van der Waals surface area contributed by atoms with E-state index in [9.17, 15) is 9.59 Å². The predicted molar refractivity (Wildman–Crippen MR) is 78.3 cm³/mol. The molecule has 6 heteroatoms. The van der Waals surface area contributed by atoms with E-state index < -0.39 is 0 Å². The number of carbonyl (C=O) groups excluding carboxylic acids is 2. The summed E-state index contributed by atoms with van der Waals surface area (Å²) in [5.74, 6) is -0.298. The van der Waals surface area contributed by atoms with Gasteiger partial charge in [-0.2, -0.15) is 0 Å². The van der Waals surface area contributed by atoms with Crippen molar-refractivity contribution in [2.45, 2.75) is 12.5 Å². The smallest absolute Gasteiger partial charge is 0.239 e. The van der Waals surface area contributed by atoms with E-state index in [0.717, 1.165) is 12.0 Å². The van der Waals surface area contributed by atoms with Crippen LogP contribution >= 0.6 is 0 Å². The van der Waals surface area contributed by atoms with Crippen molar-refractivity contribution in [2.24, 2.45) is 11.7 Å². The first kappa shape index (κ1) is 15.5. The van der Waals surface area contributed by atoms with E-state index in [1.54, 1.807) is 0 Å². The zero-order valence-corrected chi connectivity index (χ0v) is 11.9. The van der Waals surface area contributed by atoms with Crippen LogP contribution in [0.1, 0.15) is 18.1 Å². The summed E-state index contributed by atoms with van der Waals surface area (Å²) < 4.78 is 5.76. The molecule has 0 unspecified atom stereocenters. The van der Waals surface area contributed by atoms with Crippen LogP contribution in [-0.2, 0) is 14.3 Å².